The van der Waals surface area contributed by atoms with E-state index in [1.54, 1.807) is 17.0 Å². The zero-order valence-corrected chi connectivity index (χ0v) is 17.6. The fourth-order valence-corrected chi connectivity index (χ4v) is 3.37. The average Bonchev–Trinajstić information content (AvgIpc) is 2.91. The van der Waals surface area contributed by atoms with Gasteiger partial charge in [0.2, 0.25) is 0 Å². The smallest absolute Gasteiger partial charge is 0.412 e. The highest BCUT2D eigenvalue weighted by molar-refractivity contribution is 5.70. The van der Waals surface area contributed by atoms with E-state index in [1.807, 2.05) is 71.0 Å². The molecule has 0 radical (unpaired) electrons. The number of para-hydroxylation sites is 1. The van der Waals surface area contributed by atoms with Gasteiger partial charge >= 0.3 is 6.09 Å². The Morgan fingerprint density at radius 2 is 1.90 bits per heavy atom. The van der Waals surface area contributed by atoms with Gasteiger partial charge in [-0.25, -0.2) is 4.79 Å². The number of carbonyl (C=O) groups excluding carboxylic acids is 1. The minimum absolute atomic E-state index is 0.0598. The first kappa shape index (κ1) is 21.0. The number of hydrogen-bond donors (Lipinski definition) is 1. The largest absolute Gasteiger partial charge is 0.504 e. The van der Waals surface area contributed by atoms with Crippen molar-refractivity contribution in [2.45, 2.75) is 58.4 Å². The monoisotopic (exact) mass is 399 g/mol. The molecule has 0 spiro atoms. The quantitative estimate of drug-likeness (QED) is 0.775. The van der Waals surface area contributed by atoms with Crippen LogP contribution >= 0.6 is 0 Å². The molecule has 0 bridgehead atoms. The molecule has 3 rings (SSSR count). The molecular weight excluding hydrogens is 370 g/mol. The molecule has 1 N–H and O–H groups in total. The Kier molecular flexibility index (Phi) is 5.75. The van der Waals surface area contributed by atoms with E-state index in [9.17, 15) is 9.90 Å². The van der Waals surface area contributed by atoms with Crippen LogP contribution in [0.2, 0.25) is 0 Å². The summed E-state index contributed by atoms with van der Waals surface area (Å²) < 4.78 is 17.3. The van der Waals surface area contributed by atoms with Gasteiger partial charge in [-0.15, -0.1) is 0 Å². The van der Waals surface area contributed by atoms with E-state index < -0.39 is 17.4 Å². The molecule has 1 amide bonds. The molecule has 1 fully saturated rings. The second-order valence-electron chi connectivity index (χ2n) is 8.68. The number of benzene rings is 2. The molecule has 6 heteroatoms. The lowest BCUT2D eigenvalue weighted by atomic mass is 10.0. The third-order valence-electron chi connectivity index (χ3n) is 4.63. The minimum atomic E-state index is -0.757. The summed E-state index contributed by atoms with van der Waals surface area (Å²) in [5.41, 5.74) is -0.420. The van der Waals surface area contributed by atoms with Crippen molar-refractivity contribution < 1.29 is 24.1 Å². The third-order valence-corrected chi connectivity index (χ3v) is 4.63. The van der Waals surface area contributed by atoms with Crippen LogP contribution in [0.3, 0.4) is 0 Å². The Labute approximate surface area is 172 Å². The van der Waals surface area contributed by atoms with Crippen molar-refractivity contribution in [1.29, 1.82) is 0 Å². The summed E-state index contributed by atoms with van der Waals surface area (Å²) in [6.45, 7) is 9.66. The molecule has 2 aromatic rings. The maximum absolute atomic E-state index is 12.8. The van der Waals surface area contributed by atoms with Gasteiger partial charge in [-0.3, -0.25) is 4.90 Å². The number of phenols is 1. The van der Waals surface area contributed by atoms with Crippen LogP contribution in [0, 0.1) is 0 Å². The Balaban J connectivity index is 1.79. The van der Waals surface area contributed by atoms with Gasteiger partial charge in [0.15, 0.2) is 11.5 Å². The minimum Gasteiger partial charge on any atom is -0.504 e. The van der Waals surface area contributed by atoms with Gasteiger partial charge < -0.3 is 19.3 Å². The predicted octanol–water partition coefficient (Wildman–Crippen LogP) is 5.10. The Hall–Kier alpha value is -2.73. The zero-order chi connectivity index (χ0) is 21.2. The Morgan fingerprint density at radius 3 is 2.55 bits per heavy atom. The Bertz CT molecular complexity index is 857. The highest BCUT2D eigenvalue weighted by Crippen LogP contribution is 2.34. The number of rotatable bonds is 4. The van der Waals surface area contributed by atoms with E-state index in [1.165, 1.54) is 0 Å². The zero-order valence-electron chi connectivity index (χ0n) is 17.6. The standard InChI is InChI=1S/C23H29NO5/c1-22(2,3)29-21(26)24-17(15-27-23(24,4)5)13-16-11-12-19(25)20(14-16)28-18-9-7-6-8-10-18/h6-12,14,17,25H,13,15H2,1-5H3/t17-/m0/s1. The van der Waals surface area contributed by atoms with Gasteiger partial charge in [0.1, 0.15) is 17.1 Å². The van der Waals surface area contributed by atoms with Gasteiger partial charge in [-0.05, 0) is 70.9 Å². The van der Waals surface area contributed by atoms with Crippen LogP contribution in [0.25, 0.3) is 0 Å². The lowest BCUT2D eigenvalue weighted by Crippen LogP contribution is -2.50. The summed E-state index contributed by atoms with van der Waals surface area (Å²) in [5, 5.41) is 10.2. The molecule has 0 aliphatic carbocycles. The molecule has 0 unspecified atom stereocenters. The van der Waals surface area contributed by atoms with Crippen LogP contribution in [0.1, 0.15) is 40.2 Å². The molecule has 6 nitrogen and oxygen atoms in total. The summed E-state index contributed by atoms with van der Waals surface area (Å²) in [4.78, 5) is 14.5. The number of amides is 1. The fraction of sp³-hybridized carbons (Fsp3) is 0.435. The van der Waals surface area contributed by atoms with Crippen LogP contribution in [0.15, 0.2) is 48.5 Å². The van der Waals surface area contributed by atoms with Crippen LogP contribution in [-0.2, 0) is 15.9 Å². The van der Waals surface area contributed by atoms with Gasteiger partial charge in [-0.2, -0.15) is 0 Å². The van der Waals surface area contributed by atoms with Gasteiger partial charge in [0.05, 0.1) is 12.6 Å². The molecule has 0 saturated carbocycles. The van der Waals surface area contributed by atoms with Crippen molar-refractivity contribution >= 4 is 6.09 Å². The SMILES string of the molecule is CC(C)(C)OC(=O)N1[C@@H](Cc2ccc(O)c(Oc3ccccc3)c2)COC1(C)C. The highest BCUT2D eigenvalue weighted by Gasteiger charge is 2.45. The van der Waals surface area contributed by atoms with E-state index in [4.69, 9.17) is 14.2 Å². The fourth-order valence-electron chi connectivity index (χ4n) is 3.37. The van der Waals surface area contributed by atoms with E-state index in [2.05, 4.69) is 0 Å². The average molecular weight is 399 g/mol. The number of aromatic hydroxyl groups is 1. The maximum Gasteiger partial charge on any atom is 0.412 e. The van der Waals surface area contributed by atoms with Crippen LogP contribution < -0.4 is 4.74 Å². The lowest BCUT2D eigenvalue weighted by Gasteiger charge is -2.35. The molecule has 1 atom stereocenters. The van der Waals surface area contributed by atoms with Gasteiger partial charge in [0, 0.05) is 0 Å². The summed E-state index contributed by atoms with van der Waals surface area (Å²) in [6.07, 6.45) is 0.151. The van der Waals surface area contributed by atoms with E-state index in [-0.39, 0.29) is 11.8 Å². The van der Waals surface area contributed by atoms with E-state index in [0.29, 0.717) is 24.5 Å². The number of ether oxygens (including phenoxy) is 3. The van der Waals surface area contributed by atoms with Crippen molar-refractivity contribution in [2.24, 2.45) is 0 Å². The second kappa shape index (κ2) is 7.95. The predicted molar refractivity (Wildman–Crippen MR) is 110 cm³/mol. The summed E-state index contributed by atoms with van der Waals surface area (Å²) in [6, 6.07) is 14.3. The Morgan fingerprint density at radius 1 is 1.21 bits per heavy atom. The van der Waals surface area contributed by atoms with E-state index >= 15 is 0 Å². The topological polar surface area (TPSA) is 68.2 Å². The first-order valence-corrected chi connectivity index (χ1v) is 9.76. The number of hydrogen-bond acceptors (Lipinski definition) is 5. The molecule has 1 aliphatic heterocycles. The number of phenolic OH excluding ortho intramolecular Hbond substituents is 1. The summed E-state index contributed by atoms with van der Waals surface area (Å²) in [5.74, 6) is 1.07. The molecule has 1 saturated heterocycles. The van der Waals surface area contributed by atoms with Gasteiger partial charge in [-0.1, -0.05) is 24.3 Å². The van der Waals surface area contributed by atoms with Gasteiger partial charge in [0.25, 0.3) is 0 Å². The molecule has 0 aromatic heterocycles. The van der Waals surface area contributed by atoms with Crippen molar-refractivity contribution in [3.63, 3.8) is 0 Å². The first-order valence-electron chi connectivity index (χ1n) is 9.76. The van der Waals surface area contributed by atoms with Crippen molar-refractivity contribution in [3.8, 4) is 17.2 Å². The molecule has 29 heavy (non-hydrogen) atoms. The first-order chi connectivity index (χ1) is 13.5. The third kappa shape index (κ3) is 5.21. The lowest BCUT2D eigenvalue weighted by molar-refractivity contribution is -0.0624. The van der Waals surface area contributed by atoms with Crippen molar-refractivity contribution in [3.05, 3.63) is 54.1 Å². The van der Waals surface area contributed by atoms with Crippen LogP contribution in [0.5, 0.6) is 17.2 Å². The van der Waals surface area contributed by atoms with Crippen LogP contribution in [0.4, 0.5) is 4.79 Å². The number of carbonyl (C=O) groups is 1. The van der Waals surface area contributed by atoms with Crippen molar-refractivity contribution in [1.82, 2.24) is 4.90 Å². The van der Waals surface area contributed by atoms with Crippen molar-refractivity contribution in [2.75, 3.05) is 6.61 Å². The molecule has 156 valence electrons. The maximum atomic E-state index is 12.8. The molecular formula is C23H29NO5. The second-order valence-corrected chi connectivity index (χ2v) is 8.68. The summed E-state index contributed by atoms with van der Waals surface area (Å²) in [7, 11) is 0. The normalized spacial score (nSPS) is 18.5. The highest BCUT2D eigenvalue weighted by atomic mass is 16.6. The summed E-state index contributed by atoms with van der Waals surface area (Å²) >= 11 is 0. The molecule has 1 aliphatic rings. The number of nitrogens with zero attached hydrogens (tertiary/aromatic N) is 1. The molecule has 2 aromatic carbocycles. The van der Waals surface area contributed by atoms with Crippen LogP contribution in [-0.4, -0.2) is 40.1 Å². The van der Waals surface area contributed by atoms with E-state index in [0.717, 1.165) is 5.56 Å². The molecule has 1 heterocycles.